The number of hydrogen-bond acceptors (Lipinski definition) is 3. The van der Waals surface area contributed by atoms with Gasteiger partial charge in [-0.3, -0.25) is 4.98 Å². The Balaban J connectivity index is 2.67. The second kappa shape index (κ2) is 9.75. The van der Waals surface area contributed by atoms with Gasteiger partial charge in [-0.25, -0.2) is 4.98 Å². The molecule has 0 spiro atoms. The molecule has 1 aromatic heterocycles. The smallest absolute Gasteiger partial charge is 0.142 e. The highest BCUT2D eigenvalue weighted by Gasteiger charge is 2.27. The third-order valence-corrected chi connectivity index (χ3v) is 4.44. The van der Waals surface area contributed by atoms with Crippen molar-refractivity contribution in [3.63, 3.8) is 0 Å². The lowest BCUT2D eigenvalue weighted by molar-refractivity contribution is 0.355. The lowest BCUT2D eigenvalue weighted by Crippen LogP contribution is -2.24. The number of unbranched alkanes of at least 4 members (excludes halogenated alkanes) is 6. The molecule has 0 aliphatic carbocycles. The van der Waals surface area contributed by atoms with Crippen molar-refractivity contribution in [2.24, 2.45) is 0 Å². The molecule has 0 saturated heterocycles. The van der Waals surface area contributed by atoms with E-state index in [1.807, 2.05) is 6.20 Å². The second-order valence-electron chi connectivity index (χ2n) is 6.51. The molecular formula is C18H33N3. The molecule has 0 fully saturated rings. The minimum absolute atomic E-state index is 0.129. The van der Waals surface area contributed by atoms with Gasteiger partial charge < -0.3 is 5.73 Å². The standard InChI is InChI=1S/C18H33N3/c1-4-6-8-10-12-18(3,13-11-9-7-5-2)16-14-20-15-17(19)21-16/h14-15H,4-13H2,1-3H3,(H2,19,21). The number of rotatable bonds is 11. The summed E-state index contributed by atoms with van der Waals surface area (Å²) in [6.45, 7) is 6.86. The van der Waals surface area contributed by atoms with Crippen molar-refractivity contribution in [3.8, 4) is 0 Å². The normalized spacial score (nSPS) is 11.8. The Kier molecular flexibility index (Phi) is 8.33. The zero-order chi connectivity index (χ0) is 15.6. The van der Waals surface area contributed by atoms with Crippen LogP contribution >= 0.6 is 0 Å². The minimum Gasteiger partial charge on any atom is -0.382 e. The van der Waals surface area contributed by atoms with Gasteiger partial charge in [0.25, 0.3) is 0 Å². The Morgan fingerprint density at radius 2 is 1.48 bits per heavy atom. The van der Waals surface area contributed by atoms with Crippen LogP contribution in [0.1, 0.15) is 90.7 Å². The first kappa shape index (κ1) is 17.9. The highest BCUT2D eigenvalue weighted by atomic mass is 14.9. The van der Waals surface area contributed by atoms with Gasteiger partial charge in [-0.05, 0) is 12.8 Å². The fourth-order valence-corrected chi connectivity index (χ4v) is 2.94. The van der Waals surface area contributed by atoms with Crippen molar-refractivity contribution in [3.05, 3.63) is 18.1 Å². The maximum absolute atomic E-state index is 5.83. The predicted octanol–water partition coefficient (Wildman–Crippen LogP) is 5.26. The van der Waals surface area contributed by atoms with E-state index in [-0.39, 0.29) is 5.41 Å². The van der Waals surface area contributed by atoms with Crippen LogP contribution in [-0.4, -0.2) is 9.97 Å². The van der Waals surface area contributed by atoms with Crippen molar-refractivity contribution >= 4 is 5.82 Å². The average Bonchev–Trinajstić information content (AvgIpc) is 2.48. The maximum atomic E-state index is 5.83. The van der Waals surface area contributed by atoms with Crippen LogP contribution in [0.3, 0.4) is 0 Å². The number of nitrogen functional groups attached to an aromatic ring is 1. The fraction of sp³-hybridized carbons (Fsp3) is 0.778. The summed E-state index contributed by atoms with van der Waals surface area (Å²) in [5, 5.41) is 0. The number of anilines is 1. The maximum Gasteiger partial charge on any atom is 0.142 e. The van der Waals surface area contributed by atoms with Crippen LogP contribution in [0.5, 0.6) is 0 Å². The van der Waals surface area contributed by atoms with Gasteiger partial charge >= 0.3 is 0 Å². The lowest BCUT2D eigenvalue weighted by atomic mass is 9.77. The van der Waals surface area contributed by atoms with Crippen molar-refractivity contribution in [2.45, 2.75) is 90.4 Å². The van der Waals surface area contributed by atoms with E-state index in [0.717, 1.165) is 5.69 Å². The van der Waals surface area contributed by atoms with Gasteiger partial charge in [0.05, 0.1) is 11.9 Å². The molecular weight excluding hydrogens is 258 g/mol. The van der Waals surface area contributed by atoms with Gasteiger partial charge in [-0.15, -0.1) is 0 Å². The monoisotopic (exact) mass is 291 g/mol. The van der Waals surface area contributed by atoms with E-state index in [4.69, 9.17) is 5.73 Å². The lowest BCUT2D eigenvalue weighted by Gasteiger charge is -2.29. The average molecular weight is 291 g/mol. The fourth-order valence-electron chi connectivity index (χ4n) is 2.94. The van der Waals surface area contributed by atoms with Crippen LogP contribution < -0.4 is 5.73 Å². The van der Waals surface area contributed by atoms with Crippen molar-refractivity contribution in [1.29, 1.82) is 0 Å². The Bertz CT molecular complexity index is 378. The third kappa shape index (κ3) is 6.45. The van der Waals surface area contributed by atoms with Gasteiger partial charge in [-0.1, -0.05) is 72.1 Å². The molecule has 120 valence electrons. The van der Waals surface area contributed by atoms with E-state index in [0.29, 0.717) is 5.82 Å². The summed E-state index contributed by atoms with van der Waals surface area (Å²) in [6.07, 6.45) is 16.3. The summed E-state index contributed by atoms with van der Waals surface area (Å²) >= 11 is 0. The van der Waals surface area contributed by atoms with Crippen molar-refractivity contribution in [1.82, 2.24) is 9.97 Å². The van der Waals surface area contributed by atoms with Crippen LogP contribution in [0.4, 0.5) is 5.82 Å². The Hall–Kier alpha value is -1.12. The minimum atomic E-state index is 0.129. The van der Waals surface area contributed by atoms with Crippen LogP contribution in [0.25, 0.3) is 0 Å². The molecule has 3 nitrogen and oxygen atoms in total. The zero-order valence-electron chi connectivity index (χ0n) is 14.2. The molecule has 3 heteroatoms. The van der Waals surface area contributed by atoms with E-state index >= 15 is 0 Å². The second-order valence-corrected chi connectivity index (χ2v) is 6.51. The molecule has 1 heterocycles. The quantitative estimate of drug-likeness (QED) is 0.566. The Morgan fingerprint density at radius 3 is 1.95 bits per heavy atom. The molecule has 0 radical (unpaired) electrons. The molecule has 0 amide bonds. The summed E-state index contributed by atoms with van der Waals surface area (Å²) in [5.74, 6) is 0.542. The van der Waals surface area contributed by atoms with E-state index in [2.05, 4.69) is 30.7 Å². The Morgan fingerprint density at radius 1 is 0.905 bits per heavy atom. The van der Waals surface area contributed by atoms with Crippen LogP contribution in [0.15, 0.2) is 12.4 Å². The molecule has 0 aromatic carbocycles. The van der Waals surface area contributed by atoms with Gasteiger partial charge in [0.15, 0.2) is 0 Å². The molecule has 0 aliphatic rings. The van der Waals surface area contributed by atoms with E-state index < -0.39 is 0 Å². The van der Waals surface area contributed by atoms with E-state index in [9.17, 15) is 0 Å². The molecule has 1 rings (SSSR count). The highest BCUT2D eigenvalue weighted by Crippen LogP contribution is 2.34. The van der Waals surface area contributed by atoms with Gasteiger partial charge in [0, 0.05) is 11.6 Å². The summed E-state index contributed by atoms with van der Waals surface area (Å²) < 4.78 is 0. The Labute approximate surface area is 130 Å². The number of nitrogens with two attached hydrogens (primary N) is 1. The summed E-state index contributed by atoms with van der Waals surface area (Å²) in [6, 6.07) is 0. The number of hydrogen-bond donors (Lipinski definition) is 1. The molecule has 0 atom stereocenters. The zero-order valence-corrected chi connectivity index (χ0v) is 14.2. The summed E-state index contributed by atoms with van der Waals surface area (Å²) in [5.41, 5.74) is 7.04. The van der Waals surface area contributed by atoms with Gasteiger partial charge in [0.1, 0.15) is 5.82 Å². The topological polar surface area (TPSA) is 51.8 Å². The van der Waals surface area contributed by atoms with Crippen LogP contribution in [0, 0.1) is 0 Å². The molecule has 0 aliphatic heterocycles. The number of aromatic nitrogens is 2. The highest BCUT2D eigenvalue weighted by molar-refractivity contribution is 5.27. The van der Waals surface area contributed by atoms with Crippen molar-refractivity contribution < 1.29 is 0 Å². The predicted molar refractivity (Wildman–Crippen MR) is 91.3 cm³/mol. The first-order chi connectivity index (χ1) is 10.1. The van der Waals surface area contributed by atoms with Gasteiger partial charge in [0.2, 0.25) is 0 Å². The molecule has 0 saturated carbocycles. The molecule has 21 heavy (non-hydrogen) atoms. The number of nitrogens with zero attached hydrogens (tertiary/aromatic N) is 2. The summed E-state index contributed by atoms with van der Waals surface area (Å²) in [7, 11) is 0. The largest absolute Gasteiger partial charge is 0.382 e. The van der Waals surface area contributed by atoms with Gasteiger partial charge in [-0.2, -0.15) is 0 Å². The molecule has 0 unspecified atom stereocenters. The molecule has 1 aromatic rings. The van der Waals surface area contributed by atoms with Crippen molar-refractivity contribution in [2.75, 3.05) is 5.73 Å². The van der Waals surface area contributed by atoms with E-state index in [1.54, 1.807) is 6.20 Å². The van der Waals surface area contributed by atoms with E-state index in [1.165, 1.54) is 64.2 Å². The molecule has 2 N–H and O–H groups in total. The van der Waals surface area contributed by atoms with Crippen LogP contribution in [0.2, 0.25) is 0 Å². The third-order valence-electron chi connectivity index (χ3n) is 4.44. The summed E-state index contributed by atoms with van der Waals surface area (Å²) in [4.78, 5) is 8.81. The first-order valence-corrected chi connectivity index (χ1v) is 8.70. The SMILES string of the molecule is CCCCCCC(C)(CCCCCC)c1cncc(N)n1. The first-order valence-electron chi connectivity index (χ1n) is 8.70. The molecule has 0 bridgehead atoms. The van der Waals surface area contributed by atoms with Crippen LogP contribution in [-0.2, 0) is 5.41 Å².